The van der Waals surface area contributed by atoms with Gasteiger partial charge in [-0.2, -0.15) is 0 Å². The zero-order chi connectivity index (χ0) is 10.4. The molecule has 0 aromatic rings. The highest BCUT2D eigenvalue weighted by Crippen LogP contribution is 1.98. The molecule has 1 unspecified atom stereocenters. The summed E-state index contributed by atoms with van der Waals surface area (Å²) >= 11 is 0. The van der Waals surface area contributed by atoms with E-state index in [1.807, 2.05) is 14.0 Å². The molecule has 0 saturated heterocycles. The van der Waals surface area contributed by atoms with E-state index in [4.69, 9.17) is 0 Å². The minimum Gasteiger partial charge on any atom is -0.345 e. The van der Waals surface area contributed by atoms with E-state index in [1.54, 1.807) is 4.90 Å². The van der Waals surface area contributed by atoms with Gasteiger partial charge in [-0.1, -0.05) is 13.8 Å². The lowest BCUT2D eigenvalue weighted by Gasteiger charge is -2.20. The Morgan fingerprint density at radius 2 is 1.92 bits per heavy atom. The van der Waals surface area contributed by atoms with E-state index in [0.717, 1.165) is 6.54 Å². The van der Waals surface area contributed by atoms with Gasteiger partial charge in [0.2, 0.25) is 5.91 Å². The smallest absolute Gasteiger partial charge is 0.236 e. The van der Waals surface area contributed by atoms with Gasteiger partial charge in [0.1, 0.15) is 0 Å². The molecule has 3 heteroatoms. The van der Waals surface area contributed by atoms with Gasteiger partial charge in [0.05, 0.1) is 6.54 Å². The van der Waals surface area contributed by atoms with Crippen molar-refractivity contribution in [2.45, 2.75) is 33.7 Å². The number of likely N-dealkylation sites (N-methyl/N-ethyl adjacent to an activating group) is 1. The van der Waals surface area contributed by atoms with Crippen LogP contribution in [-0.4, -0.2) is 37.0 Å². The SMILES string of the molecule is CCN(C)C(=O)CNC(C)C(C)C. The number of carbonyl (C=O) groups excluding carboxylic acids is 1. The maximum Gasteiger partial charge on any atom is 0.236 e. The first kappa shape index (κ1) is 12.4. The van der Waals surface area contributed by atoms with Crippen LogP contribution in [-0.2, 0) is 4.79 Å². The van der Waals surface area contributed by atoms with Crippen LogP contribution in [0.3, 0.4) is 0 Å². The number of amides is 1. The molecule has 13 heavy (non-hydrogen) atoms. The Bertz CT molecular complexity index is 157. The second kappa shape index (κ2) is 5.97. The van der Waals surface area contributed by atoms with Gasteiger partial charge >= 0.3 is 0 Å². The van der Waals surface area contributed by atoms with Crippen molar-refractivity contribution >= 4 is 5.91 Å². The predicted octanol–water partition coefficient (Wildman–Crippen LogP) is 1.10. The molecule has 0 aromatic carbocycles. The summed E-state index contributed by atoms with van der Waals surface area (Å²) in [6.45, 7) is 9.59. The van der Waals surface area contributed by atoms with Crippen molar-refractivity contribution in [2.24, 2.45) is 5.92 Å². The zero-order valence-electron chi connectivity index (χ0n) is 9.42. The minimum absolute atomic E-state index is 0.162. The second-order valence-electron chi connectivity index (χ2n) is 3.82. The summed E-state index contributed by atoms with van der Waals surface area (Å²) in [6.07, 6.45) is 0. The van der Waals surface area contributed by atoms with Crippen LogP contribution < -0.4 is 5.32 Å². The van der Waals surface area contributed by atoms with Crippen molar-refractivity contribution in [3.05, 3.63) is 0 Å². The summed E-state index contributed by atoms with van der Waals surface area (Å²) in [5.41, 5.74) is 0. The third-order valence-electron chi connectivity index (χ3n) is 2.48. The number of hydrogen-bond donors (Lipinski definition) is 1. The summed E-state index contributed by atoms with van der Waals surface area (Å²) in [5.74, 6) is 0.731. The van der Waals surface area contributed by atoms with Crippen molar-refractivity contribution in [2.75, 3.05) is 20.1 Å². The minimum atomic E-state index is 0.162. The highest BCUT2D eigenvalue weighted by Gasteiger charge is 2.10. The van der Waals surface area contributed by atoms with E-state index >= 15 is 0 Å². The Kier molecular flexibility index (Phi) is 5.71. The summed E-state index contributed by atoms with van der Waals surface area (Å²) in [5, 5.41) is 3.21. The van der Waals surface area contributed by atoms with Crippen molar-refractivity contribution in [1.29, 1.82) is 0 Å². The highest BCUT2D eigenvalue weighted by atomic mass is 16.2. The zero-order valence-corrected chi connectivity index (χ0v) is 9.42. The normalized spacial score (nSPS) is 13.1. The van der Waals surface area contributed by atoms with E-state index in [0.29, 0.717) is 18.5 Å². The van der Waals surface area contributed by atoms with Gasteiger partial charge < -0.3 is 10.2 Å². The molecule has 0 aliphatic carbocycles. The Morgan fingerprint density at radius 3 is 2.31 bits per heavy atom. The summed E-state index contributed by atoms with van der Waals surface area (Å²) < 4.78 is 0. The maximum atomic E-state index is 11.4. The van der Waals surface area contributed by atoms with Crippen LogP contribution >= 0.6 is 0 Å². The number of nitrogens with zero attached hydrogens (tertiary/aromatic N) is 1. The Morgan fingerprint density at radius 1 is 1.38 bits per heavy atom. The van der Waals surface area contributed by atoms with Gasteiger partial charge in [-0.25, -0.2) is 0 Å². The summed E-state index contributed by atoms with van der Waals surface area (Å²) in [4.78, 5) is 13.1. The molecule has 3 nitrogen and oxygen atoms in total. The molecule has 0 spiro atoms. The van der Waals surface area contributed by atoms with Crippen LogP contribution in [0, 0.1) is 5.92 Å². The number of nitrogens with one attached hydrogen (secondary N) is 1. The van der Waals surface area contributed by atoms with Crippen LogP contribution in [0.1, 0.15) is 27.7 Å². The molecule has 0 aliphatic rings. The molecule has 0 fully saturated rings. The van der Waals surface area contributed by atoms with Gasteiger partial charge in [-0.15, -0.1) is 0 Å². The van der Waals surface area contributed by atoms with E-state index < -0.39 is 0 Å². The molecule has 0 radical (unpaired) electrons. The third-order valence-corrected chi connectivity index (χ3v) is 2.48. The van der Waals surface area contributed by atoms with Crippen molar-refractivity contribution in [1.82, 2.24) is 10.2 Å². The fourth-order valence-corrected chi connectivity index (χ4v) is 0.795. The Hall–Kier alpha value is -0.570. The first-order valence-corrected chi connectivity index (χ1v) is 4.96. The predicted molar refractivity (Wildman–Crippen MR) is 55.6 cm³/mol. The third kappa shape index (κ3) is 4.88. The fraction of sp³-hybridized carbons (Fsp3) is 0.900. The van der Waals surface area contributed by atoms with Crippen LogP contribution in [0.4, 0.5) is 0 Å². The van der Waals surface area contributed by atoms with E-state index in [-0.39, 0.29) is 5.91 Å². The van der Waals surface area contributed by atoms with Gasteiger partial charge in [0, 0.05) is 19.6 Å². The lowest BCUT2D eigenvalue weighted by Crippen LogP contribution is -2.40. The average molecular weight is 186 g/mol. The first-order chi connectivity index (χ1) is 5.99. The average Bonchev–Trinajstić information content (AvgIpc) is 2.11. The van der Waals surface area contributed by atoms with Gasteiger partial charge in [0.25, 0.3) is 0 Å². The molecule has 1 N–H and O–H groups in total. The van der Waals surface area contributed by atoms with Crippen LogP contribution in [0.2, 0.25) is 0 Å². The van der Waals surface area contributed by atoms with E-state index in [9.17, 15) is 4.79 Å². The first-order valence-electron chi connectivity index (χ1n) is 4.96. The van der Waals surface area contributed by atoms with Crippen molar-refractivity contribution in [3.8, 4) is 0 Å². The van der Waals surface area contributed by atoms with Gasteiger partial charge in [0.15, 0.2) is 0 Å². The molecule has 0 saturated carbocycles. The number of hydrogen-bond acceptors (Lipinski definition) is 2. The molecule has 0 heterocycles. The monoisotopic (exact) mass is 186 g/mol. The number of carbonyl (C=O) groups is 1. The van der Waals surface area contributed by atoms with Gasteiger partial charge in [-0.05, 0) is 19.8 Å². The molecule has 0 rings (SSSR count). The lowest BCUT2D eigenvalue weighted by atomic mass is 10.1. The lowest BCUT2D eigenvalue weighted by molar-refractivity contribution is -0.128. The highest BCUT2D eigenvalue weighted by molar-refractivity contribution is 5.77. The van der Waals surface area contributed by atoms with E-state index in [2.05, 4.69) is 26.1 Å². The fourth-order valence-electron chi connectivity index (χ4n) is 0.795. The molecule has 1 atom stereocenters. The Balaban J connectivity index is 3.70. The standard InChI is InChI=1S/C10H22N2O/c1-6-12(5)10(13)7-11-9(4)8(2)3/h8-9,11H,6-7H2,1-5H3. The molecule has 0 aliphatic heterocycles. The van der Waals surface area contributed by atoms with Crippen molar-refractivity contribution in [3.63, 3.8) is 0 Å². The van der Waals surface area contributed by atoms with Crippen LogP contribution in [0.15, 0.2) is 0 Å². The number of rotatable bonds is 5. The second-order valence-corrected chi connectivity index (χ2v) is 3.82. The maximum absolute atomic E-state index is 11.4. The molecule has 0 bridgehead atoms. The Labute approximate surface area is 81.5 Å². The van der Waals surface area contributed by atoms with Gasteiger partial charge in [-0.3, -0.25) is 4.79 Å². The largest absolute Gasteiger partial charge is 0.345 e. The van der Waals surface area contributed by atoms with Crippen molar-refractivity contribution < 1.29 is 4.79 Å². The van der Waals surface area contributed by atoms with Crippen LogP contribution in [0.5, 0.6) is 0 Å². The molecule has 0 aromatic heterocycles. The van der Waals surface area contributed by atoms with E-state index in [1.165, 1.54) is 0 Å². The summed E-state index contributed by atoms with van der Waals surface area (Å²) in [6, 6.07) is 0.397. The molecule has 1 amide bonds. The quantitative estimate of drug-likeness (QED) is 0.697. The molecule has 78 valence electrons. The molecular formula is C10H22N2O. The topological polar surface area (TPSA) is 32.3 Å². The summed E-state index contributed by atoms with van der Waals surface area (Å²) in [7, 11) is 1.82. The molecular weight excluding hydrogens is 164 g/mol. The van der Waals surface area contributed by atoms with Crippen LogP contribution in [0.25, 0.3) is 0 Å².